The maximum atomic E-state index is 12.1. The quantitative estimate of drug-likeness (QED) is 0.414. The number of ketones is 1. The van der Waals surface area contributed by atoms with Crippen molar-refractivity contribution in [2.45, 2.75) is 97.5 Å². The van der Waals surface area contributed by atoms with Gasteiger partial charge in [-0.05, 0) is 32.1 Å². The zero-order valence-electron chi connectivity index (χ0n) is 16.6. The van der Waals surface area contributed by atoms with Crippen LogP contribution in [0.5, 0.6) is 0 Å². The van der Waals surface area contributed by atoms with Gasteiger partial charge in [0, 0.05) is 29.4 Å². The molecule has 1 atom stereocenters. The highest BCUT2D eigenvalue weighted by Crippen LogP contribution is 2.29. The first kappa shape index (κ1) is 22.4. The summed E-state index contributed by atoms with van der Waals surface area (Å²) in [4.78, 5) is 22.6. The number of Topliss-reactive ketones (excluding diaryl/α,β-unsaturated/α-hetero) is 1. The zero-order valence-corrected chi connectivity index (χ0v) is 16.6. The monoisotopic (exact) mass is 362 g/mol. The molecule has 2 N–H and O–H groups in total. The minimum absolute atomic E-state index is 0.180. The minimum atomic E-state index is -0.753. The van der Waals surface area contributed by atoms with E-state index in [9.17, 15) is 14.7 Å². The molecule has 0 fully saturated rings. The van der Waals surface area contributed by atoms with Crippen LogP contribution in [0.2, 0.25) is 0 Å². The van der Waals surface area contributed by atoms with E-state index in [1.807, 2.05) is 13.8 Å². The van der Waals surface area contributed by atoms with Crippen molar-refractivity contribution >= 4 is 11.8 Å². The molecule has 1 unspecified atom stereocenters. The lowest BCUT2D eigenvalue weighted by atomic mass is 9.81. The molecule has 0 radical (unpaired) electrons. The molecule has 4 nitrogen and oxygen atoms in total. The van der Waals surface area contributed by atoms with Gasteiger partial charge in [-0.1, -0.05) is 58.3 Å². The summed E-state index contributed by atoms with van der Waals surface area (Å²) >= 11 is 0. The van der Waals surface area contributed by atoms with Crippen molar-refractivity contribution in [2.24, 2.45) is 5.41 Å². The van der Waals surface area contributed by atoms with Gasteiger partial charge < -0.3 is 10.2 Å². The van der Waals surface area contributed by atoms with Gasteiger partial charge in [-0.3, -0.25) is 9.59 Å². The summed E-state index contributed by atoms with van der Waals surface area (Å²) in [7, 11) is 0. The first-order valence-corrected chi connectivity index (χ1v) is 9.94. The molecule has 0 amide bonds. The first-order valence-electron chi connectivity index (χ1n) is 9.94. The van der Waals surface area contributed by atoms with E-state index in [4.69, 9.17) is 5.11 Å². The normalized spacial score (nSPS) is 15.8. The molecule has 0 bridgehead atoms. The predicted octanol–water partition coefficient (Wildman–Crippen LogP) is 4.65. The summed E-state index contributed by atoms with van der Waals surface area (Å²) in [6.45, 7) is 6.21. The van der Waals surface area contributed by atoms with Crippen LogP contribution in [0.25, 0.3) is 0 Å². The Balaban J connectivity index is 2.59. The van der Waals surface area contributed by atoms with Crippen molar-refractivity contribution in [3.8, 4) is 11.8 Å². The van der Waals surface area contributed by atoms with Gasteiger partial charge in [-0.2, -0.15) is 0 Å². The lowest BCUT2D eigenvalue weighted by Crippen LogP contribution is -2.27. The van der Waals surface area contributed by atoms with E-state index in [2.05, 4.69) is 18.8 Å². The Hall–Kier alpha value is -1.60. The van der Waals surface area contributed by atoms with Crippen LogP contribution in [0.4, 0.5) is 0 Å². The van der Waals surface area contributed by atoms with Crippen molar-refractivity contribution in [2.75, 3.05) is 0 Å². The number of carboxylic acids is 1. The van der Waals surface area contributed by atoms with Crippen LogP contribution in [0, 0.1) is 17.3 Å². The fourth-order valence-corrected chi connectivity index (χ4v) is 3.19. The van der Waals surface area contributed by atoms with E-state index < -0.39 is 12.1 Å². The largest absolute Gasteiger partial charge is 0.481 e. The lowest BCUT2D eigenvalue weighted by molar-refractivity contribution is -0.137. The fraction of sp³-hybridized carbons (Fsp3) is 0.727. The molecule has 0 aromatic rings. The van der Waals surface area contributed by atoms with Gasteiger partial charge in [-0.25, -0.2) is 0 Å². The molecule has 146 valence electrons. The van der Waals surface area contributed by atoms with Crippen molar-refractivity contribution in [1.82, 2.24) is 0 Å². The average Bonchev–Trinajstić information content (AvgIpc) is 2.93. The Morgan fingerprint density at radius 2 is 1.85 bits per heavy atom. The number of carbonyl (C=O) groups is 2. The van der Waals surface area contributed by atoms with E-state index in [-0.39, 0.29) is 17.6 Å². The number of carboxylic acid groups (broad SMARTS) is 1. The molecule has 0 saturated carbocycles. The SMILES string of the molecule is CCCCC(C)(C)C(O)C#CC1=C(CCCCCCC(=O)O)C(=O)CC1. The Bertz CT molecular complexity index is 575. The van der Waals surface area contributed by atoms with Crippen molar-refractivity contribution in [3.05, 3.63) is 11.1 Å². The molecule has 0 aliphatic heterocycles. The molecule has 0 spiro atoms. The smallest absolute Gasteiger partial charge is 0.303 e. The van der Waals surface area contributed by atoms with Gasteiger partial charge in [0.1, 0.15) is 6.10 Å². The van der Waals surface area contributed by atoms with E-state index in [0.29, 0.717) is 25.7 Å². The molecule has 0 saturated heterocycles. The van der Waals surface area contributed by atoms with Gasteiger partial charge in [0.15, 0.2) is 5.78 Å². The number of hydrogen-bond acceptors (Lipinski definition) is 3. The third-order valence-corrected chi connectivity index (χ3v) is 5.15. The molecular formula is C22H34O4. The second kappa shape index (κ2) is 11.2. The highest BCUT2D eigenvalue weighted by Gasteiger charge is 2.26. The van der Waals surface area contributed by atoms with Gasteiger partial charge in [0.25, 0.3) is 0 Å². The highest BCUT2D eigenvalue weighted by molar-refractivity contribution is 5.99. The van der Waals surface area contributed by atoms with Crippen molar-refractivity contribution in [1.29, 1.82) is 0 Å². The van der Waals surface area contributed by atoms with Crippen LogP contribution in [0.15, 0.2) is 11.1 Å². The number of hydrogen-bond donors (Lipinski definition) is 2. The molecule has 4 heteroatoms. The lowest BCUT2D eigenvalue weighted by Gasteiger charge is -2.26. The second-order valence-electron chi connectivity index (χ2n) is 7.95. The zero-order chi connectivity index (χ0) is 19.6. The van der Waals surface area contributed by atoms with E-state index in [1.165, 1.54) is 0 Å². The van der Waals surface area contributed by atoms with Gasteiger partial charge in [-0.15, -0.1) is 0 Å². The van der Waals surface area contributed by atoms with Gasteiger partial charge in [0.05, 0.1) is 0 Å². The molecule has 0 aromatic carbocycles. The van der Waals surface area contributed by atoms with Gasteiger partial charge >= 0.3 is 5.97 Å². The number of unbranched alkanes of at least 4 members (excludes halogenated alkanes) is 4. The number of carbonyl (C=O) groups excluding carboxylic acids is 1. The van der Waals surface area contributed by atoms with Crippen molar-refractivity contribution in [3.63, 3.8) is 0 Å². The summed E-state index contributed by atoms with van der Waals surface area (Å²) in [6.07, 6.45) is 7.92. The third kappa shape index (κ3) is 7.74. The minimum Gasteiger partial charge on any atom is -0.481 e. The molecule has 0 aromatic heterocycles. The Morgan fingerprint density at radius 1 is 1.15 bits per heavy atom. The summed E-state index contributed by atoms with van der Waals surface area (Å²) < 4.78 is 0. The van der Waals surface area contributed by atoms with Crippen LogP contribution in [-0.4, -0.2) is 28.1 Å². The summed E-state index contributed by atoms with van der Waals surface area (Å²) in [6, 6.07) is 0. The number of allylic oxidation sites excluding steroid dienone is 2. The molecule has 1 rings (SSSR count). The van der Waals surface area contributed by atoms with Crippen LogP contribution in [-0.2, 0) is 9.59 Å². The predicted molar refractivity (Wildman–Crippen MR) is 104 cm³/mol. The summed E-state index contributed by atoms with van der Waals surface area (Å²) in [5, 5.41) is 19.0. The van der Waals surface area contributed by atoms with Gasteiger partial charge in [0.2, 0.25) is 0 Å². The topological polar surface area (TPSA) is 74.6 Å². The fourth-order valence-electron chi connectivity index (χ4n) is 3.19. The van der Waals surface area contributed by atoms with Crippen LogP contribution >= 0.6 is 0 Å². The molecule has 1 aliphatic carbocycles. The standard InChI is InChI=1S/C22H34O4/c1-4-5-16-22(2,3)20(24)15-13-17-12-14-19(23)18(17)10-8-6-7-9-11-21(25)26/h20,24H,4-12,14,16H2,1-3H3,(H,25,26). The van der Waals surface area contributed by atoms with Crippen LogP contribution in [0.1, 0.15) is 91.4 Å². The first-order chi connectivity index (χ1) is 12.3. The molecular weight excluding hydrogens is 328 g/mol. The maximum absolute atomic E-state index is 12.1. The number of aliphatic hydroxyl groups excluding tert-OH is 1. The van der Waals surface area contributed by atoms with Crippen molar-refractivity contribution < 1.29 is 19.8 Å². The summed E-state index contributed by atoms with van der Waals surface area (Å²) in [5.74, 6) is 5.50. The molecule has 26 heavy (non-hydrogen) atoms. The second-order valence-corrected chi connectivity index (χ2v) is 7.95. The van der Waals surface area contributed by atoms with E-state index >= 15 is 0 Å². The third-order valence-electron chi connectivity index (χ3n) is 5.15. The van der Waals surface area contributed by atoms with Crippen LogP contribution in [0.3, 0.4) is 0 Å². The maximum Gasteiger partial charge on any atom is 0.303 e. The Morgan fingerprint density at radius 3 is 2.50 bits per heavy atom. The Kier molecular flexibility index (Phi) is 9.65. The highest BCUT2D eigenvalue weighted by atomic mass is 16.4. The summed E-state index contributed by atoms with van der Waals surface area (Å²) in [5.41, 5.74) is 1.48. The van der Waals surface area contributed by atoms with E-state index in [1.54, 1.807) is 0 Å². The van der Waals surface area contributed by atoms with E-state index in [0.717, 1.165) is 49.7 Å². The average molecular weight is 363 g/mol. The number of aliphatic hydroxyl groups is 1. The molecule has 1 aliphatic rings. The van der Waals surface area contributed by atoms with Crippen LogP contribution < -0.4 is 0 Å². The molecule has 0 heterocycles. The Labute approximate surface area is 158 Å². The number of aliphatic carboxylic acids is 1. The number of rotatable bonds is 11.